The minimum Gasteiger partial charge on any atom is -0.0991 e. The van der Waals surface area contributed by atoms with Crippen LogP contribution in [-0.2, 0) is 6.42 Å². The van der Waals surface area contributed by atoms with Crippen LogP contribution >= 0.6 is 0 Å². The minimum atomic E-state index is 1.09. The highest BCUT2D eigenvalue weighted by Crippen LogP contribution is 2.13. The van der Waals surface area contributed by atoms with Crippen molar-refractivity contribution in [2.24, 2.45) is 0 Å². The van der Waals surface area contributed by atoms with Crippen LogP contribution in [0.1, 0.15) is 23.6 Å². The normalized spacial score (nSPS) is 10.6. The Bertz CT molecular complexity index is 319. The summed E-state index contributed by atoms with van der Waals surface area (Å²) in [6.07, 6.45) is 6.97. The largest absolute Gasteiger partial charge is 0.0991 e. The van der Waals surface area contributed by atoms with E-state index in [2.05, 4.69) is 44.7 Å². The lowest BCUT2D eigenvalue weighted by atomic mass is 10.0. The third-order valence-corrected chi connectivity index (χ3v) is 2.16. The molecule has 0 saturated carbocycles. The molecule has 0 atom stereocenters. The van der Waals surface area contributed by atoms with Crippen molar-refractivity contribution in [3.63, 3.8) is 0 Å². The van der Waals surface area contributed by atoms with Crippen LogP contribution in [0, 0.1) is 6.92 Å². The van der Waals surface area contributed by atoms with Crippen molar-refractivity contribution >= 4 is 6.08 Å². The molecule has 0 aliphatic heterocycles. The van der Waals surface area contributed by atoms with Gasteiger partial charge < -0.3 is 0 Å². The van der Waals surface area contributed by atoms with Crippen LogP contribution in [-0.4, -0.2) is 0 Å². The fraction of sp³-hybridized carbons (Fsp3) is 0.231. The summed E-state index contributed by atoms with van der Waals surface area (Å²) < 4.78 is 0. The summed E-state index contributed by atoms with van der Waals surface area (Å²) >= 11 is 0. The summed E-state index contributed by atoms with van der Waals surface area (Å²) in [5, 5.41) is 0. The Morgan fingerprint density at radius 3 is 2.77 bits per heavy atom. The first-order valence-corrected chi connectivity index (χ1v) is 4.66. The zero-order valence-electron chi connectivity index (χ0n) is 8.38. The third-order valence-electron chi connectivity index (χ3n) is 2.16. The first-order chi connectivity index (χ1) is 6.27. The lowest BCUT2D eigenvalue weighted by Gasteiger charge is -2.02. The average Bonchev–Trinajstić information content (AvgIpc) is 2.17. The Balaban J connectivity index is 3.03. The molecule has 0 fully saturated rings. The van der Waals surface area contributed by atoms with E-state index < -0.39 is 0 Å². The highest BCUT2D eigenvalue weighted by Gasteiger charge is 1.94. The molecule has 0 amide bonds. The molecule has 0 heterocycles. The van der Waals surface area contributed by atoms with Gasteiger partial charge in [-0.1, -0.05) is 49.9 Å². The molecular weight excluding hydrogens is 156 g/mol. The molecule has 0 unspecified atom stereocenters. The van der Waals surface area contributed by atoms with Gasteiger partial charge in [-0.05, 0) is 30.0 Å². The SMILES string of the molecule is C=CC=Cc1cc(CC)ccc1C. The lowest BCUT2D eigenvalue weighted by Crippen LogP contribution is -1.85. The number of hydrogen-bond donors (Lipinski definition) is 0. The number of aryl methyl sites for hydroxylation is 2. The molecule has 0 N–H and O–H groups in total. The minimum absolute atomic E-state index is 1.09. The van der Waals surface area contributed by atoms with Gasteiger partial charge in [0.2, 0.25) is 0 Å². The Morgan fingerprint density at radius 2 is 2.15 bits per heavy atom. The van der Waals surface area contributed by atoms with Gasteiger partial charge in [0.05, 0.1) is 0 Å². The van der Waals surface area contributed by atoms with Crippen molar-refractivity contribution in [2.75, 3.05) is 0 Å². The first kappa shape index (κ1) is 9.79. The summed E-state index contributed by atoms with van der Waals surface area (Å²) in [6.45, 7) is 7.96. The topological polar surface area (TPSA) is 0 Å². The second-order valence-corrected chi connectivity index (χ2v) is 3.14. The third kappa shape index (κ3) is 2.59. The summed E-state index contributed by atoms with van der Waals surface area (Å²) in [6, 6.07) is 6.58. The molecule has 13 heavy (non-hydrogen) atoms. The standard InChI is InChI=1S/C13H16/c1-4-6-7-13-10-12(5-2)9-8-11(13)3/h4,6-10H,1,5H2,2-3H3. The molecule has 0 spiro atoms. The summed E-state index contributed by atoms with van der Waals surface area (Å²) in [5.74, 6) is 0. The predicted molar refractivity (Wildman–Crippen MR) is 59.8 cm³/mol. The Kier molecular flexibility index (Phi) is 3.51. The molecule has 0 heteroatoms. The number of allylic oxidation sites excluding steroid dienone is 2. The predicted octanol–water partition coefficient (Wildman–Crippen LogP) is 3.76. The first-order valence-electron chi connectivity index (χ1n) is 4.66. The Labute approximate surface area is 80.6 Å². The van der Waals surface area contributed by atoms with Gasteiger partial charge in [0.1, 0.15) is 0 Å². The molecule has 68 valence electrons. The molecule has 0 bridgehead atoms. The Morgan fingerprint density at radius 1 is 1.38 bits per heavy atom. The monoisotopic (exact) mass is 172 g/mol. The smallest absolute Gasteiger partial charge is 0.0225 e. The van der Waals surface area contributed by atoms with E-state index in [1.807, 2.05) is 6.08 Å². The molecule has 0 aromatic heterocycles. The summed E-state index contributed by atoms with van der Waals surface area (Å²) in [7, 11) is 0. The fourth-order valence-electron chi connectivity index (χ4n) is 1.26. The van der Waals surface area contributed by atoms with E-state index in [4.69, 9.17) is 0 Å². The van der Waals surface area contributed by atoms with Crippen molar-refractivity contribution in [2.45, 2.75) is 20.3 Å². The van der Waals surface area contributed by atoms with Crippen molar-refractivity contribution in [3.8, 4) is 0 Å². The van der Waals surface area contributed by atoms with Gasteiger partial charge in [0.25, 0.3) is 0 Å². The van der Waals surface area contributed by atoms with E-state index >= 15 is 0 Å². The molecule has 0 nitrogen and oxygen atoms in total. The maximum atomic E-state index is 3.66. The fourth-order valence-corrected chi connectivity index (χ4v) is 1.26. The molecule has 0 aliphatic carbocycles. The molecule has 1 aromatic carbocycles. The van der Waals surface area contributed by atoms with Crippen LogP contribution in [0.15, 0.2) is 36.9 Å². The van der Waals surface area contributed by atoms with Crippen LogP contribution in [0.3, 0.4) is 0 Å². The number of benzene rings is 1. The second-order valence-electron chi connectivity index (χ2n) is 3.14. The quantitative estimate of drug-likeness (QED) is 0.609. The van der Waals surface area contributed by atoms with E-state index in [1.165, 1.54) is 16.7 Å². The van der Waals surface area contributed by atoms with Gasteiger partial charge in [-0.15, -0.1) is 0 Å². The van der Waals surface area contributed by atoms with Crippen molar-refractivity contribution < 1.29 is 0 Å². The van der Waals surface area contributed by atoms with Gasteiger partial charge in [-0.25, -0.2) is 0 Å². The van der Waals surface area contributed by atoms with Gasteiger partial charge in [0.15, 0.2) is 0 Å². The van der Waals surface area contributed by atoms with Gasteiger partial charge in [-0.3, -0.25) is 0 Å². The van der Waals surface area contributed by atoms with E-state index in [-0.39, 0.29) is 0 Å². The molecule has 0 aliphatic rings. The molecule has 1 aromatic rings. The number of rotatable bonds is 3. The van der Waals surface area contributed by atoms with E-state index in [0.29, 0.717) is 0 Å². The van der Waals surface area contributed by atoms with E-state index in [1.54, 1.807) is 6.08 Å². The molecule has 0 saturated heterocycles. The van der Waals surface area contributed by atoms with E-state index in [9.17, 15) is 0 Å². The summed E-state index contributed by atoms with van der Waals surface area (Å²) in [5.41, 5.74) is 3.99. The van der Waals surface area contributed by atoms with Gasteiger partial charge in [-0.2, -0.15) is 0 Å². The maximum Gasteiger partial charge on any atom is -0.0225 e. The molecule has 1 rings (SSSR count). The van der Waals surface area contributed by atoms with Crippen molar-refractivity contribution in [3.05, 3.63) is 53.6 Å². The molecular formula is C13H16. The summed E-state index contributed by atoms with van der Waals surface area (Å²) in [4.78, 5) is 0. The molecule has 0 radical (unpaired) electrons. The van der Waals surface area contributed by atoms with Crippen LogP contribution in [0.4, 0.5) is 0 Å². The maximum absolute atomic E-state index is 3.66. The zero-order chi connectivity index (χ0) is 9.68. The van der Waals surface area contributed by atoms with E-state index in [0.717, 1.165) is 6.42 Å². The van der Waals surface area contributed by atoms with Crippen LogP contribution in [0.5, 0.6) is 0 Å². The lowest BCUT2D eigenvalue weighted by molar-refractivity contribution is 1.13. The number of hydrogen-bond acceptors (Lipinski definition) is 0. The highest BCUT2D eigenvalue weighted by atomic mass is 14.0. The highest BCUT2D eigenvalue weighted by molar-refractivity contribution is 5.55. The van der Waals surface area contributed by atoms with Gasteiger partial charge in [0, 0.05) is 0 Å². The average molecular weight is 172 g/mol. The van der Waals surface area contributed by atoms with Crippen LogP contribution in [0.25, 0.3) is 6.08 Å². The Hall–Kier alpha value is -1.30. The van der Waals surface area contributed by atoms with Crippen molar-refractivity contribution in [1.82, 2.24) is 0 Å². The van der Waals surface area contributed by atoms with Gasteiger partial charge >= 0.3 is 0 Å². The van der Waals surface area contributed by atoms with Crippen molar-refractivity contribution in [1.29, 1.82) is 0 Å². The second kappa shape index (κ2) is 4.66. The zero-order valence-corrected chi connectivity index (χ0v) is 8.38. The van der Waals surface area contributed by atoms with Crippen LogP contribution in [0.2, 0.25) is 0 Å². The van der Waals surface area contributed by atoms with Crippen LogP contribution < -0.4 is 0 Å².